The van der Waals surface area contributed by atoms with Gasteiger partial charge in [0.25, 0.3) is 14.3 Å². The molecule has 7 heteroatoms. The lowest BCUT2D eigenvalue weighted by Gasteiger charge is -2.37. The monoisotopic (exact) mass is 419 g/mol. The van der Waals surface area contributed by atoms with E-state index < -0.39 is 24.9 Å². The van der Waals surface area contributed by atoms with Gasteiger partial charge in [-0.1, -0.05) is 40.4 Å². The number of hydrogen-bond acceptors (Lipinski definition) is 4. The molecule has 0 aliphatic heterocycles. The highest BCUT2D eigenvalue weighted by atomic mass is 28.4. The quantitative estimate of drug-likeness (QED) is 0.403. The molecule has 0 aliphatic rings. The zero-order chi connectivity index (χ0) is 20.8. The minimum atomic E-state index is -2.01. The SMILES string of the molecule is CCO[Si](C)(C)CCCN(CCC(=O)O[Si](C)(C)C(C)(C)C)[Si](C)(C)C. The van der Waals surface area contributed by atoms with E-state index in [4.69, 9.17) is 8.85 Å². The van der Waals surface area contributed by atoms with Crippen LogP contribution < -0.4 is 0 Å². The van der Waals surface area contributed by atoms with Crippen molar-refractivity contribution >= 4 is 30.8 Å². The number of nitrogens with zero attached hydrogens (tertiary/aromatic N) is 1. The molecule has 0 amide bonds. The van der Waals surface area contributed by atoms with E-state index >= 15 is 0 Å². The molecule has 0 saturated carbocycles. The second-order valence-corrected chi connectivity index (χ2v) is 24.4. The molecule has 4 nitrogen and oxygen atoms in total. The first-order valence-electron chi connectivity index (χ1n) is 10.1. The second kappa shape index (κ2) is 10.0. The molecule has 0 aromatic heterocycles. The number of carbonyl (C=O) groups is 1. The van der Waals surface area contributed by atoms with Crippen LogP contribution in [0, 0.1) is 0 Å². The molecule has 0 heterocycles. The Labute approximate surface area is 166 Å². The van der Waals surface area contributed by atoms with Crippen LogP contribution in [-0.2, 0) is 13.6 Å². The van der Waals surface area contributed by atoms with E-state index in [1.165, 1.54) is 6.04 Å². The van der Waals surface area contributed by atoms with Crippen molar-refractivity contribution in [3.63, 3.8) is 0 Å². The summed E-state index contributed by atoms with van der Waals surface area (Å²) in [5.41, 5.74) is 0. The second-order valence-electron chi connectivity index (χ2n) is 10.4. The summed E-state index contributed by atoms with van der Waals surface area (Å²) < 4.78 is 14.4. The van der Waals surface area contributed by atoms with Gasteiger partial charge in [0.15, 0.2) is 8.32 Å². The standard InChI is InChI=1S/C19H45NO3Si3/c1-12-22-25(8,9)17-13-15-20(24(5,6)7)16-14-18(21)23-26(10,11)19(2,3)4/h12-17H2,1-11H3. The number of rotatable bonds is 11. The van der Waals surface area contributed by atoms with E-state index in [-0.39, 0.29) is 11.0 Å². The Balaban J connectivity index is 4.64. The van der Waals surface area contributed by atoms with Crippen molar-refractivity contribution in [1.29, 1.82) is 0 Å². The largest absolute Gasteiger partial charge is 0.519 e. The highest BCUT2D eigenvalue weighted by Crippen LogP contribution is 2.36. The van der Waals surface area contributed by atoms with Gasteiger partial charge in [0.1, 0.15) is 8.24 Å². The molecular weight excluding hydrogens is 374 g/mol. The molecular formula is C19H45NO3Si3. The maximum atomic E-state index is 12.4. The first-order chi connectivity index (χ1) is 11.5. The summed E-state index contributed by atoms with van der Waals surface area (Å²) in [5, 5.41) is 0.0661. The summed E-state index contributed by atoms with van der Waals surface area (Å²) in [6, 6.07) is 1.18. The van der Waals surface area contributed by atoms with Crippen molar-refractivity contribution in [1.82, 2.24) is 4.57 Å². The van der Waals surface area contributed by atoms with E-state index in [9.17, 15) is 4.79 Å². The molecule has 0 saturated heterocycles. The van der Waals surface area contributed by atoms with Crippen LogP contribution in [0.3, 0.4) is 0 Å². The molecule has 0 fully saturated rings. The molecule has 0 aromatic carbocycles. The van der Waals surface area contributed by atoms with E-state index in [0.29, 0.717) is 6.42 Å². The smallest absolute Gasteiger partial charge is 0.293 e. The van der Waals surface area contributed by atoms with Crippen LogP contribution in [0.2, 0.25) is 56.9 Å². The minimum Gasteiger partial charge on any atom is -0.519 e. The number of hydrogen-bond donors (Lipinski definition) is 0. The van der Waals surface area contributed by atoms with E-state index in [2.05, 4.69) is 78.1 Å². The molecule has 0 N–H and O–H groups in total. The molecule has 0 rings (SSSR count). The molecule has 0 unspecified atom stereocenters. The summed E-state index contributed by atoms with van der Waals surface area (Å²) in [7, 11) is -4.99. The Morgan fingerprint density at radius 2 is 1.50 bits per heavy atom. The van der Waals surface area contributed by atoms with E-state index in [1.807, 2.05) is 0 Å². The third kappa shape index (κ3) is 9.83. The Morgan fingerprint density at radius 1 is 0.962 bits per heavy atom. The average molecular weight is 420 g/mol. The van der Waals surface area contributed by atoms with Gasteiger partial charge in [-0.05, 0) is 57.2 Å². The van der Waals surface area contributed by atoms with E-state index in [0.717, 1.165) is 26.1 Å². The summed E-state index contributed by atoms with van der Waals surface area (Å²) in [6.07, 6.45) is 1.66. The van der Waals surface area contributed by atoms with Gasteiger partial charge in [-0.15, -0.1) is 0 Å². The lowest BCUT2D eigenvalue weighted by atomic mass is 10.2. The van der Waals surface area contributed by atoms with Crippen molar-refractivity contribution in [3.8, 4) is 0 Å². The summed E-state index contributed by atoms with van der Waals surface area (Å²) in [5.74, 6) is -0.0242. The predicted molar refractivity (Wildman–Crippen MR) is 121 cm³/mol. The third-order valence-corrected chi connectivity index (χ3v) is 14.8. The van der Waals surface area contributed by atoms with Crippen molar-refractivity contribution in [3.05, 3.63) is 0 Å². The highest BCUT2D eigenvalue weighted by molar-refractivity contribution is 6.75. The maximum absolute atomic E-state index is 12.4. The van der Waals surface area contributed by atoms with Crippen LogP contribution >= 0.6 is 0 Å². The molecule has 156 valence electrons. The van der Waals surface area contributed by atoms with Gasteiger partial charge in [-0.2, -0.15) is 0 Å². The summed E-state index contributed by atoms with van der Waals surface area (Å²) in [6.45, 7) is 27.2. The fraction of sp³-hybridized carbons (Fsp3) is 0.947. The van der Waals surface area contributed by atoms with Gasteiger partial charge in [-0.25, -0.2) is 0 Å². The van der Waals surface area contributed by atoms with Crippen LogP contribution in [0.4, 0.5) is 0 Å². The minimum absolute atomic E-state index is 0.0242. The van der Waals surface area contributed by atoms with Gasteiger partial charge in [0.05, 0.1) is 6.42 Å². The van der Waals surface area contributed by atoms with Gasteiger partial charge in [0.2, 0.25) is 0 Å². The molecule has 0 bridgehead atoms. The molecule has 0 atom stereocenters. The van der Waals surface area contributed by atoms with E-state index in [1.54, 1.807) is 0 Å². The first kappa shape index (κ1) is 26.0. The highest BCUT2D eigenvalue weighted by Gasteiger charge is 2.40. The molecule has 0 radical (unpaired) electrons. The Bertz CT molecular complexity index is 440. The van der Waals surface area contributed by atoms with Crippen LogP contribution in [0.5, 0.6) is 0 Å². The topological polar surface area (TPSA) is 38.8 Å². The summed E-state index contributed by atoms with van der Waals surface area (Å²) in [4.78, 5) is 12.4. The normalized spacial score (nSPS) is 14.0. The Morgan fingerprint density at radius 3 is 1.92 bits per heavy atom. The third-order valence-electron chi connectivity index (χ3n) is 5.45. The predicted octanol–water partition coefficient (Wildman–Crippen LogP) is 5.69. The van der Waals surface area contributed by atoms with Crippen molar-refractivity contribution in [2.75, 3.05) is 19.7 Å². The van der Waals surface area contributed by atoms with Crippen molar-refractivity contribution in [2.45, 2.75) is 97.4 Å². The van der Waals surface area contributed by atoms with Gasteiger partial charge >= 0.3 is 0 Å². The molecule has 0 aromatic rings. The van der Waals surface area contributed by atoms with Crippen molar-refractivity contribution in [2.24, 2.45) is 0 Å². The van der Waals surface area contributed by atoms with Crippen LogP contribution in [0.25, 0.3) is 0 Å². The lowest BCUT2D eigenvalue weighted by Crippen LogP contribution is -2.48. The Kier molecular flexibility index (Phi) is 10.0. The maximum Gasteiger partial charge on any atom is 0.293 e. The van der Waals surface area contributed by atoms with Gasteiger partial charge in [0, 0.05) is 13.2 Å². The average Bonchev–Trinajstić information content (AvgIpc) is 2.39. The Hall–Kier alpha value is 0.0406. The fourth-order valence-electron chi connectivity index (χ4n) is 2.66. The van der Waals surface area contributed by atoms with Crippen LogP contribution in [0.15, 0.2) is 0 Å². The molecule has 0 aliphatic carbocycles. The zero-order valence-corrected chi connectivity index (χ0v) is 22.4. The van der Waals surface area contributed by atoms with Crippen LogP contribution in [0.1, 0.15) is 40.5 Å². The number of carbonyl (C=O) groups excluding carboxylic acids is 1. The zero-order valence-electron chi connectivity index (χ0n) is 19.4. The summed E-state index contributed by atoms with van der Waals surface area (Å²) >= 11 is 0. The fourth-order valence-corrected chi connectivity index (χ4v) is 7.18. The first-order valence-corrected chi connectivity index (χ1v) is 19.6. The van der Waals surface area contributed by atoms with Gasteiger partial charge in [-0.3, -0.25) is 4.79 Å². The molecule has 0 spiro atoms. The molecule has 26 heavy (non-hydrogen) atoms. The van der Waals surface area contributed by atoms with Crippen LogP contribution in [-0.4, -0.2) is 55.1 Å². The van der Waals surface area contributed by atoms with Crippen molar-refractivity contribution < 1.29 is 13.6 Å². The van der Waals surface area contributed by atoms with Gasteiger partial charge < -0.3 is 13.4 Å². The lowest BCUT2D eigenvalue weighted by molar-refractivity contribution is -0.135.